The summed E-state index contributed by atoms with van der Waals surface area (Å²) >= 11 is 5.74. The molecule has 0 spiro atoms. The maximum absolute atomic E-state index is 12.4. The minimum absolute atomic E-state index is 0.0441. The molecule has 0 unspecified atom stereocenters. The lowest BCUT2D eigenvalue weighted by molar-refractivity contribution is -0.384. The second kappa shape index (κ2) is 10.2. The highest BCUT2D eigenvalue weighted by Gasteiger charge is 2.24. The first-order valence-corrected chi connectivity index (χ1v) is 10.4. The molecule has 0 fully saturated rings. The van der Waals surface area contributed by atoms with E-state index in [1.807, 2.05) is 0 Å². The number of ether oxygens (including phenoxy) is 2. The topological polar surface area (TPSA) is 145 Å². The zero-order chi connectivity index (χ0) is 23.2. The summed E-state index contributed by atoms with van der Waals surface area (Å²) in [5.41, 5.74) is -0.0946. The molecule has 0 bridgehead atoms. The van der Waals surface area contributed by atoms with Gasteiger partial charge in [-0.3, -0.25) is 19.7 Å². The van der Waals surface area contributed by atoms with E-state index in [2.05, 4.69) is 5.32 Å². The standard InChI is InChI=1S/C18H18ClN3O8S/c1-21(31(27,28)14-6-3-12(19)4-7-14)10-18(24)30-11-17(23)20-15-8-5-13(22(25)26)9-16(15)29-2/h3-9H,10-11H2,1-2H3,(H,20,23). The van der Waals surface area contributed by atoms with Crippen molar-refractivity contribution >= 4 is 44.9 Å². The van der Waals surface area contributed by atoms with Gasteiger partial charge in [-0.25, -0.2) is 8.42 Å². The van der Waals surface area contributed by atoms with Crippen LogP contribution >= 0.6 is 11.6 Å². The summed E-state index contributed by atoms with van der Waals surface area (Å²) in [5, 5.41) is 13.5. The van der Waals surface area contributed by atoms with Gasteiger partial charge in [-0.1, -0.05) is 11.6 Å². The fraction of sp³-hybridized carbons (Fsp3) is 0.222. The number of methoxy groups -OCH3 is 1. The summed E-state index contributed by atoms with van der Waals surface area (Å²) in [7, 11) is -1.50. The molecule has 2 aromatic rings. The maximum atomic E-state index is 12.4. The van der Waals surface area contributed by atoms with Crippen LogP contribution in [0.4, 0.5) is 11.4 Å². The largest absolute Gasteiger partial charge is 0.494 e. The molecular weight excluding hydrogens is 454 g/mol. The van der Waals surface area contributed by atoms with Crippen molar-refractivity contribution in [2.24, 2.45) is 0 Å². The Hall–Kier alpha value is -3.22. The second-order valence-corrected chi connectivity index (χ2v) is 8.55. The van der Waals surface area contributed by atoms with Gasteiger partial charge in [-0.05, 0) is 30.3 Å². The highest BCUT2D eigenvalue weighted by atomic mass is 35.5. The van der Waals surface area contributed by atoms with E-state index in [-0.39, 0.29) is 22.0 Å². The lowest BCUT2D eigenvalue weighted by Crippen LogP contribution is -2.34. The highest BCUT2D eigenvalue weighted by Crippen LogP contribution is 2.28. The third-order valence-electron chi connectivity index (χ3n) is 3.91. The fourth-order valence-corrected chi connectivity index (χ4v) is 3.57. The summed E-state index contributed by atoms with van der Waals surface area (Å²) in [6, 6.07) is 8.95. The van der Waals surface area contributed by atoms with Crippen LogP contribution in [0.25, 0.3) is 0 Å². The maximum Gasteiger partial charge on any atom is 0.321 e. The summed E-state index contributed by atoms with van der Waals surface area (Å²) in [6.07, 6.45) is 0. The van der Waals surface area contributed by atoms with Crippen LogP contribution in [0.2, 0.25) is 5.02 Å². The predicted octanol–water partition coefficient (Wildman–Crippen LogP) is 2.06. The van der Waals surface area contributed by atoms with E-state index < -0.39 is 40.0 Å². The first-order chi connectivity index (χ1) is 14.5. The van der Waals surface area contributed by atoms with Crippen LogP contribution in [0.15, 0.2) is 47.4 Å². The summed E-state index contributed by atoms with van der Waals surface area (Å²) in [5.74, 6) is -1.66. The van der Waals surface area contributed by atoms with Crippen molar-refractivity contribution in [2.45, 2.75) is 4.90 Å². The van der Waals surface area contributed by atoms with Crippen LogP contribution in [-0.4, -0.2) is 56.8 Å². The number of amides is 1. The van der Waals surface area contributed by atoms with E-state index in [4.69, 9.17) is 21.1 Å². The van der Waals surface area contributed by atoms with Crippen molar-refractivity contribution in [1.82, 2.24) is 4.31 Å². The first kappa shape index (κ1) is 24.1. The molecule has 1 N–H and O–H groups in total. The first-order valence-electron chi connectivity index (χ1n) is 8.54. The Balaban J connectivity index is 1.93. The van der Waals surface area contributed by atoms with Gasteiger partial charge in [0, 0.05) is 18.1 Å². The molecule has 0 saturated carbocycles. The number of carbonyl (C=O) groups is 2. The number of esters is 1. The second-order valence-electron chi connectivity index (χ2n) is 6.07. The van der Waals surface area contributed by atoms with Gasteiger partial charge in [-0.2, -0.15) is 4.31 Å². The predicted molar refractivity (Wildman–Crippen MR) is 111 cm³/mol. The molecule has 13 heteroatoms. The van der Waals surface area contributed by atoms with Gasteiger partial charge in [0.25, 0.3) is 11.6 Å². The number of nitrogens with zero attached hydrogens (tertiary/aromatic N) is 2. The molecule has 11 nitrogen and oxygen atoms in total. The zero-order valence-electron chi connectivity index (χ0n) is 16.4. The number of nitro benzene ring substituents is 1. The van der Waals surface area contributed by atoms with Gasteiger partial charge >= 0.3 is 5.97 Å². The molecule has 0 heterocycles. The molecular formula is C18H18ClN3O8S. The van der Waals surface area contributed by atoms with E-state index >= 15 is 0 Å². The number of hydrogen-bond donors (Lipinski definition) is 1. The highest BCUT2D eigenvalue weighted by molar-refractivity contribution is 7.89. The van der Waals surface area contributed by atoms with E-state index in [0.29, 0.717) is 5.02 Å². The van der Waals surface area contributed by atoms with Crippen LogP contribution in [0.5, 0.6) is 5.75 Å². The molecule has 2 rings (SSSR count). The Morgan fingerprint density at radius 1 is 1.19 bits per heavy atom. The molecule has 166 valence electrons. The molecule has 31 heavy (non-hydrogen) atoms. The van der Waals surface area contributed by atoms with Crippen LogP contribution in [-0.2, 0) is 24.3 Å². The normalized spacial score (nSPS) is 11.1. The van der Waals surface area contributed by atoms with Crippen molar-refractivity contribution in [3.63, 3.8) is 0 Å². The average molecular weight is 472 g/mol. The smallest absolute Gasteiger partial charge is 0.321 e. The Morgan fingerprint density at radius 2 is 1.84 bits per heavy atom. The fourth-order valence-electron chi connectivity index (χ4n) is 2.33. The molecule has 0 aliphatic rings. The molecule has 1 amide bonds. The minimum atomic E-state index is -3.96. The summed E-state index contributed by atoms with van der Waals surface area (Å²) < 4.78 is 35.4. The number of halogens is 1. The van der Waals surface area contributed by atoms with Gasteiger partial charge in [0.1, 0.15) is 12.3 Å². The number of sulfonamides is 1. The Morgan fingerprint density at radius 3 is 2.42 bits per heavy atom. The SMILES string of the molecule is COc1cc([N+](=O)[O-])ccc1NC(=O)COC(=O)CN(C)S(=O)(=O)c1ccc(Cl)cc1. The third kappa shape index (κ3) is 6.38. The van der Waals surface area contributed by atoms with Crippen LogP contribution in [0.3, 0.4) is 0 Å². The molecule has 0 aromatic heterocycles. The molecule has 0 aliphatic heterocycles. The number of likely N-dealkylation sites (N-methyl/N-ethyl adjacent to an activating group) is 1. The van der Waals surface area contributed by atoms with E-state index in [1.165, 1.54) is 50.6 Å². The van der Waals surface area contributed by atoms with E-state index in [0.717, 1.165) is 10.4 Å². The van der Waals surface area contributed by atoms with Crippen molar-refractivity contribution < 1.29 is 32.4 Å². The summed E-state index contributed by atoms with van der Waals surface area (Å²) in [4.78, 5) is 34.1. The number of nitro groups is 1. The number of hydrogen-bond acceptors (Lipinski definition) is 8. The monoisotopic (exact) mass is 471 g/mol. The number of rotatable bonds is 9. The number of carbonyl (C=O) groups excluding carboxylic acids is 2. The number of anilines is 1. The van der Waals surface area contributed by atoms with Crippen LogP contribution < -0.4 is 10.1 Å². The van der Waals surface area contributed by atoms with Crippen molar-refractivity contribution in [3.05, 3.63) is 57.6 Å². The summed E-state index contributed by atoms with van der Waals surface area (Å²) in [6.45, 7) is -1.33. The molecule has 0 saturated heterocycles. The Kier molecular flexibility index (Phi) is 7.91. The average Bonchev–Trinajstić information content (AvgIpc) is 2.72. The van der Waals surface area contributed by atoms with Gasteiger partial charge < -0.3 is 14.8 Å². The quantitative estimate of drug-likeness (QED) is 0.332. The molecule has 0 radical (unpaired) electrons. The van der Waals surface area contributed by atoms with Gasteiger partial charge in [0.2, 0.25) is 10.0 Å². The van der Waals surface area contributed by atoms with Crippen molar-refractivity contribution in [1.29, 1.82) is 0 Å². The molecule has 2 aromatic carbocycles. The lowest BCUT2D eigenvalue weighted by Gasteiger charge is -2.16. The van der Waals surface area contributed by atoms with Crippen molar-refractivity contribution in [2.75, 3.05) is 32.6 Å². The van der Waals surface area contributed by atoms with Crippen molar-refractivity contribution in [3.8, 4) is 5.75 Å². The lowest BCUT2D eigenvalue weighted by atomic mass is 10.2. The Bertz CT molecular complexity index is 1090. The third-order valence-corrected chi connectivity index (χ3v) is 5.98. The number of non-ortho nitro benzene ring substituents is 1. The molecule has 0 aliphatic carbocycles. The van der Waals surface area contributed by atoms with E-state index in [1.54, 1.807) is 0 Å². The van der Waals surface area contributed by atoms with Gasteiger partial charge in [0.05, 0.1) is 28.7 Å². The zero-order valence-corrected chi connectivity index (χ0v) is 18.0. The van der Waals surface area contributed by atoms with Gasteiger partial charge in [0.15, 0.2) is 6.61 Å². The molecule has 0 atom stereocenters. The van der Waals surface area contributed by atoms with Crippen LogP contribution in [0.1, 0.15) is 0 Å². The van der Waals surface area contributed by atoms with E-state index in [9.17, 15) is 28.1 Å². The Labute approximate surface area is 182 Å². The minimum Gasteiger partial charge on any atom is -0.494 e. The number of nitrogens with one attached hydrogen (secondary N) is 1. The van der Waals surface area contributed by atoms with Crippen LogP contribution in [0, 0.1) is 10.1 Å². The number of benzene rings is 2. The van der Waals surface area contributed by atoms with Gasteiger partial charge in [-0.15, -0.1) is 0 Å².